The smallest absolute Gasteiger partial charge is 0.330 e. The number of aliphatic hydroxyl groups excluding tert-OH is 2. The summed E-state index contributed by atoms with van der Waals surface area (Å²) in [5.41, 5.74) is 5.78. The van der Waals surface area contributed by atoms with Gasteiger partial charge in [0.2, 0.25) is 0 Å². The number of aromatic nitrogens is 2. The van der Waals surface area contributed by atoms with Crippen molar-refractivity contribution >= 4 is 0 Å². The normalized spacial score (nSPS) is 32.9. The van der Waals surface area contributed by atoms with E-state index < -0.39 is 41.8 Å². The Kier molecular flexibility index (Phi) is 3.64. The second-order valence-electron chi connectivity index (χ2n) is 4.59. The fourth-order valence-electron chi connectivity index (χ4n) is 2.21. The van der Waals surface area contributed by atoms with E-state index in [4.69, 9.17) is 15.4 Å². The zero-order valence-electron chi connectivity index (χ0n) is 10.5. The lowest BCUT2D eigenvalue weighted by Crippen LogP contribution is -2.45. The van der Waals surface area contributed by atoms with E-state index in [2.05, 4.69) is 10.0 Å². The number of rotatable bonds is 3. The van der Waals surface area contributed by atoms with Crippen LogP contribution in [0, 0.1) is 0 Å². The third-order valence-electron chi connectivity index (χ3n) is 3.30. The third-order valence-corrected chi connectivity index (χ3v) is 3.30. The maximum atomic E-state index is 11.8. The van der Waals surface area contributed by atoms with Gasteiger partial charge < -0.3 is 14.9 Å². The molecule has 1 aliphatic heterocycles. The Labute approximate surface area is 111 Å². The Morgan fingerprint density at radius 1 is 1.65 bits per heavy atom. The highest BCUT2D eigenvalue weighted by Gasteiger charge is 2.53. The average molecular weight is 283 g/mol. The Balaban J connectivity index is 2.56. The average Bonchev–Trinajstić information content (AvgIpc) is 2.63. The summed E-state index contributed by atoms with van der Waals surface area (Å²) in [6.07, 6.45) is -2.28. The summed E-state index contributed by atoms with van der Waals surface area (Å²) in [4.78, 5) is 27.5. The Bertz CT molecular complexity index is 662. The predicted molar refractivity (Wildman–Crippen MR) is 65.9 cm³/mol. The number of H-pyrrole nitrogens is 1. The summed E-state index contributed by atoms with van der Waals surface area (Å²) in [5.74, 6) is 0. The summed E-state index contributed by atoms with van der Waals surface area (Å²) in [6.45, 7) is 0.890. The van der Waals surface area contributed by atoms with Crippen molar-refractivity contribution in [3.8, 4) is 0 Å². The van der Waals surface area contributed by atoms with Gasteiger partial charge in [0, 0.05) is 17.2 Å². The molecule has 1 aromatic heterocycles. The molecule has 2 heterocycles. The second kappa shape index (κ2) is 5.10. The summed E-state index contributed by atoms with van der Waals surface area (Å²) >= 11 is 0. The minimum absolute atomic E-state index is 0.508. The molecule has 0 saturated carbocycles. The molecule has 1 aliphatic rings. The van der Waals surface area contributed by atoms with Crippen molar-refractivity contribution in [2.24, 2.45) is 5.11 Å². The van der Waals surface area contributed by atoms with Crippen molar-refractivity contribution < 1.29 is 14.9 Å². The van der Waals surface area contributed by atoms with Crippen LogP contribution in [0.3, 0.4) is 0 Å². The highest BCUT2D eigenvalue weighted by atomic mass is 16.5. The number of hydrogen-bond acceptors (Lipinski definition) is 6. The topological polar surface area (TPSA) is 153 Å². The Morgan fingerprint density at radius 2 is 2.35 bits per heavy atom. The molecule has 1 fully saturated rings. The summed E-state index contributed by atoms with van der Waals surface area (Å²) in [7, 11) is 0. The van der Waals surface area contributed by atoms with E-state index in [0.29, 0.717) is 0 Å². The van der Waals surface area contributed by atoms with E-state index in [1.165, 1.54) is 13.1 Å². The van der Waals surface area contributed by atoms with Crippen molar-refractivity contribution in [3.05, 3.63) is 43.5 Å². The lowest BCUT2D eigenvalue weighted by Gasteiger charge is -2.27. The van der Waals surface area contributed by atoms with Gasteiger partial charge >= 0.3 is 5.69 Å². The number of aliphatic hydroxyl groups is 2. The van der Waals surface area contributed by atoms with Gasteiger partial charge in [0.15, 0.2) is 6.23 Å². The molecular weight excluding hydrogens is 270 g/mol. The van der Waals surface area contributed by atoms with Crippen LogP contribution in [-0.2, 0) is 4.74 Å². The fraction of sp³-hybridized carbons (Fsp3) is 0.600. The zero-order valence-corrected chi connectivity index (χ0v) is 10.5. The molecule has 0 bridgehead atoms. The van der Waals surface area contributed by atoms with E-state index in [0.717, 1.165) is 10.6 Å². The van der Waals surface area contributed by atoms with Gasteiger partial charge in [-0.25, -0.2) is 4.79 Å². The van der Waals surface area contributed by atoms with Crippen LogP contribution in [0.1, 0.15) is 13.2 Å². The molecule has 0 aromatic carbocycles. The monoisotopic (exact) mass is 283 g/mol. The van der Waals surface area contributed by atoms with Crippen molar-refractivity contribution in [2.45, 2.75) is 30.9 Å². The van der Waals surface area contributed by atoms with Gasteiger partial charge in [0.25, 0.3) is 5.56 Å². The molecule has 0 amide bonds. The van der Waals surface area contributed by atoms with Gasteiger partial charge in [-0.3, -0.25) is 14.3 Å². The second-order valence-corrected chi connectivity index (χ2v) is 4.59. The quantitative estimate of drug-likeness (QED) is 0.363. The molecular formula is C10H13N5O5. The molecule has 1 saturated heterocycles. The molecule has 0 aliphatic carbocycles. The molecule has 10 heteroatoms. The number of ether oxygens (including phenoxy) is 1. The van der Waals surface area contributed by atoms with E-state index in [-0.39, 0.29) is 0 Å². The third kappa shape index (κ3) is 2.10. The molecule has 2 rings (SSSR count). The Morgan fingerprint density at radius 3 is 2.90 bits per heavy atom. The highest BCUT2D eigenvalue weighted by Crippen LogP contribution is 2.40. The van der Waals surface area contributed by atoms with Crippen LogP contribution in [-0.4, -0.2) is 44.1 Å². The van der Waals surface area contributed by atoms with Crippen LogP contribution < -0.4 is 11.2 Å². The molecule has 10 nitrogen and oxygen atoms in total. The van der Waals surface area contributed by atoms with E-state index >= 15 is 0 Å². The van der Waals surface area contributed by atoms with E-state index in [1.807, 2.05) is 4.98 Å². The van der Waals surface area contributed by atoms with Gasteiger partial charge in [0.05, 0.1) is 12.7 Å². The van der Waals surface area contributed by atoms with Crippen molar-refractivity contribution in [3.63, 3.8) is 0 Å². The molecule has 0 spiro atoms. The van der Waals surface area contributed by atoms with Gasteiger partial charge in [-0.15, -0.1) is 0 Å². The van der Waals surface area contributed by atoms with Gasteiger partial charge in [-0.2, -0.15) is 0 Å². The zero-order chi connectivity index (χ0) is 14.9. The minimum Gasteiger partial charge on any atom is -0.394 e. The van der Waals surface area contributed by atoms with Crippen molar-refractivity contribution in [1.82, 2.24) is 9.55 Å². The van der Waals surface area contributed by atoms with Crippen LogP contribution in [0.25, 0.3) is 10.4 Å². The van der Waals surface area contributed by atoms with Crippen LogP contribution in [0.4, 0.5) is 0 Å². The first-order chi connectivity index (χ1) is 9.43. The number of nitrogens with one attached hydrogen (secondary N) is 1. The lowest BCUT2D eigenvalue weighted by atomic mass is 9.93. The summed E-state index contributed by atoms with van der Waals surface area (Å²) in [6, 6.07) is 1.10. The lowest BCUT2D eigenvalue weighted by molar-refractivity contribution is -0.0487. The van der Waals surface area contributed by atoms with Crippen LogP contribution in [0.2, 0.25) is 0 Å². The molecule has 4 atom stereocenters. The van der Waals surface area contributed by atoms with E-state index in [9.17, 15) is 14.7 Å². The minimum atomic E-state index is -1.50. The van der Waals surface area contributed by atoms with Gasteiger partial charge in [-0.05, 0) is 12.5 Å². The molecule has 108 valence electrons. The highest BCUT2D eigenvalue weighted by molar-refractivity contribution is 5.06. The first-order valence-electron chi connectivity index (χ1n) is 5.76. The number of nitrogens with zero attached hydrogens (tertiary/aromatic N) is 4. The van der Waals surface area contributed by atoms with Crippen molar-refractivity contribution in [1.29, 1.82) is 0 Å². The van der Waals surface area contributed by atoms with Gasteiger partial charge in [-0.1, -0.05) is 5.11 Å². The summed E-state index contributed by atoms with van der Waals surface area (Å²) < 4.78 is 6.37. The van der Waals surface area contributed by atoms with Gasteiger partial charge in [0.1, 0.15) is 11.6 Å². The first-order valence-corrected chi connectivity index (χ1v) is 5.76. The fourth-order valence-corrected chi connectivity index (χ4v) is 2.21. The number of aromatic amines is 1. The molecule has 1 unspecified atom stereocenters. The molecule has 20 heavy (non-hydrogen) atoms. The SMILES string of the molecule is C[C@@]1(N=[N+]=[N-])[C@H](O)C(CO)O[C@@H]1n1ccc(=O)[nH]c1=O. The van der Waals surface area contributed by atoms with E-state index in [1.54, 1.807) is 0 Å². The first kappa shape index (κ1) is 14.3. The summed E-state index contributed by atoms with van der Waals surface area (Å²) in [5, 5.41) is 22.7. The Hall–Kier alpha value is -2.13. The molecule has 0 radical (unpaired) electrons. The maximum absolute atomic E-state index is 11.8. The van der Waals surface area contributed by atoms with Crippen LogP contribution in [0.5, 0.6) is 0 Å². The number of azide groups is 1. The predicted octanol–water partition coefficient (Wildman–Crippen LogP) is -1.14. The van der Waals surface area contributed by atoms with Crippen LogP contribution >= 0.6 is 0 Å². The number of hydrogen-bond donors (Lipinski definition) is 3. The molecule has 1 aromatic rings. The largest absolute Gasteiger partial charge is 0.394 e. The van der Waals surface area contributed by atoms with Crippen LogP contribution in [0.15, 0.2) is 27.0 Å². The molecule has 3 N–H and O–H groups in total. The maximum Gasteiger partial charge on any atom is 0.330 e. The standard InChI is InChI=1S/C10H13N5O5/c1-10(13-14-11)7(18)5(4-16)20-8(10)15-3-2-6(17)12-9(15)19/h2-3,5,7-8,16,18H,4H2,1H3,(H,12,17,19)/t5?,7-,8+,10-/m1/s1. The van der Waals surface area contributed by atoms with Crippen molar-refractivity contribution in [2.75, 3.05) is 6.61 Å².